The van der Waals surface area contributed by atoms with Crippen molar-refractivity contribution < 1.29 is 9.84 Å². The maximum absolute atomic E-state index is 9.39. The number of hydrogen-bond donors (Lipinski definition) is 3. The van der Waals surface area contributed by atoms with Gasteiger partial charge in [-0.25, -0.2) is 9.97 Å². The summed E-state index contributed by atoms with van der Waals surface area (Å²) in [6, 6.07) is 1.48. The fraction of sp³-hybridized carbons (Fsp3) is 0.500. The van der Waals surface area contributed by atoms with Crippen LogP contribution < -0.4 is 11.5 Å². The molecule has 1 rings (SSSR count). The molecular formula is C8H14N4O2S. The van der Waals surface area contributed by atoms with Gasteiger partial charge in [0.2, 0.25) is 0 Å². The van der Waals surface area contributed by atoms with Crippen molar-refractivity contribution in [1.82, 2.24) is 9.97 Å². The van der Waals surface area contributed by atoms with Crippen LogP contribution in [0.4, 0.5) is 11.6 Å². The Bertz CT molecular complexity index is 303. The zero-order valence-electron chi connectivity index (χ0n) is 8.38. The van der Waals surface area contributed by atoms with Crippen LogP contribution in [0.3, 0.4) is 0 Å². The highest BCUT2D eigenvalue weighted by Gasteiger charge is 2.07. The number of nitrogens with zero attached hydrogens (tertiary/aromatic N) is 2. The second kappa shape index (κ2) is 5.74. The lowest BCUT2D eigenvalue weighted by atomic mass is 10.4. The summed E-state index contributed by atoms with van der Waals surface area (Å²) in [5.41, 5.74) is 11.0. The van der Waals surface area contributed by atoms with Crippen molar-refractivity contribution in [2.75, 3.05) is 30.9 Å². The van der Waals surface area contributed by atoms with Crippen LogP contribution in [0, 0.1) is 0 Å². The molecular weight excluding hydrogens is 216 g/mol. The Balaban J connectivity index is 2.50. The van der Waals surface area contributed by atoms with Gasteiger partial charge in [0.05, 0.1) is 12.7 Å². The molecule has 15 heavy (non-hydrogen) atoms. The van der Waals surface area contributed by atoms with Crippen LogP contribution in [0.5, 0.6) is 0 Å². The summed E-state index contributed by atoms with van der Waals surface area (Å²) in [4.78, 5) is 7.93. The molecule has 84 valence electrons. The van der Waals surface area contributed by atoms with E-state index in [2.05, 4.69) is 9.97 Å². The molecule has 0 saturated carbocycles. The average molecular weight is 230 g/mol. The lowest BCUT2D eigenvalue weighted by Crippen LogP contribution is -2.17. The summed E-state index contributed by atoms with van der Waals surface area (Å²) in [7, 11) is 1.53. The zero-order valence-corrected chi connectivity index (χ0v) is 9.20. The maximum Gasteiger partial charge on any atom is 0.191 e. The first-order valence-electron chi connectivity index (χ1n) is 4.31. The fourth-order valence-corrected chi connectivity index (χ4v) is 1.72. The number of anilines is 2. The first kappa shape index (κ1) is 12.0. The Labute approximate surface area is 92.0 Å². The zero-order chi connectivity index (χ0) is 11.3. The number of aromatic nitrogens is 2. The first-order chi connectivity index (χ1) is 7.11. The molecule has 1 unspecified atom stereocenters. The topological polar surface area (TPSA) is 107 Å². The quantitative estimate of drug-likeness (QED) is 0.472. The highest BCUT2D eigenvalue weighted by Crippen LogP contribution is 2.17. The molecule has 0 spiro atoms. The minimum Gasteiger partial charge on any atom is -0.390 e. The van der Waals surface area contributed by atoms with E-state index >= 15 is 0 Å². The number of methoxy groups -OCH3 is 1. The van der Waals surface area contributed by atoms with Crippen LogP contribution in [0.2, 0.25) is 0 Å². The molecule has 1 heterocycles. The summed E-state index contributed by atoms with van der Waals surface area (Å²) in [6.07, 6.45) is -0.550. The van der Waals surface area contributed by atoms with Gasteiger partial charge < -0.3 is 21.3 Å². The molecule has 5 N–H and O–H groups in total. The molecule has 7 heteroatoms. The largest absolute Gasteiger partial charge is 0.390 e. The molecule has 1 aromatic rings. The number of aliphatic hydroxyl groups is 1. The molecule has 0 aliphatic rings. The molecule has 6 nitrogen and oxygen atoms in total. The summed E-state index contributed by atoms with van der Waals surface area (Å²) < 4.78 is 4.79. The van der Waals surface area contributed by atoms with Gasteiger partial charge in [-0.2, -0.15) is 0 Å². The van der Waals surface area contributed by atoms with Crippen LogP contribution in [-0.4, -0.2) is 40.6 Å². The number of hydrogen-bond acceptors (Lipinski definition) is 7. The smallest absolute Gasteiger partial charge is 0.191 e. The van der Waals surface area contributed by atoms with Crippen LogP contribution >= 0.6 is 11.8 Å². The predicted octanol–water partition coefficient (Wildman–Crippen LogP) is -0.260. The molecule has 0 fully saturated rings. The third-order valence-electron chi connectivity index (χ3n) is 1.51. The van der Waals surface area contributed by atoms with Gasteiger partial charge in [0, 0.05) is 18.9 Å². The monoisotopic (exact) mass is 230 g/mol. The standard InChI is InChI=1S/C8H14N4O2S/c1-14-3-5(13)4-15-8-11-6(9)2-7(10)12-8/h2,5,13H,3-4H2,1H3,(H4,9,10,11,12). The van der Waals surface area contributed by atoms with Gasteiger partial charge in [0.1, 0.15) is 11.6 Å². The SMILES string of the molecule is COCC(O)CSc1nc(N)cc(N)n1. The Kier molecular flexibility index (Phi) is 4.60. The maximum atomic E-state index is 9.39. The van der Waals surface area contributed by atoms with E-state index < -0.39 is 6.10 Å². The minimum atomic E-state index is -0.550. The van der Waals surface area contributed by atoms with E-state index in [9.17, 15) is 5.11 Å². The van der Waals surface area contributed by atoms with Gasteiger partial charge >= 0.3 is 0 Å². The van der Waals surface area contributed by atoms with Crippen molar-refractivity contribution in [2.24, 2.45) is 0 Å². The van der Waals surface area contributed by atoms with Crippen molar-refractivity contribution in [3.05, 3.63) is 6.07 Å². The number of ether oxygens (including phenoxy) is 1. The fourth-order valence-electron chi connectivity index (χ4n) is 0.938. The van der Waals surface area contributed by atoms with Crippen molar-refractivity contribution in [2.45, 2.75) is 11.3 Å². The highest BCUT2D eigenvalue weighted by molar-refractivity contribution is 7.99. The van der Waals surface area contributed by atoms with E-state index in [1.165, 1.54) is 24.9 Å². The van der Waals surface area contributed by atoms with Crippen molar-refractivity contribution in [3.63, 3.8) is 0 Å². The predicted molar refractivity (Wildman–Crippen MR) is 59.5 cm³/mol. The normalized spacial score (nSPS) is 12.7. The second-order valence-corrected chi connectivity index (χ2v) is 3.91. The van der Waals surface area contributed by atoms with Gasteiger partial charge in [-0.1, -0.05) is 11.8 Å². The van der Waals surface area contributed by atoms with Crippen LogP contribution in [0.1, 0.15) is 0 Å². The van der Waals surface area contributed by atoms with Crippen LogP contribution in [-0.2, 0) is 4.74 Å². The minimum absolute atomic E-state index is 0.283. The molecule has 0 aromatic carbocycles. The van der Waals surface area contributed by atoms with E-state index in [-0.39, 0.29) is 6.61 Å². The molecule has 0 aliphatic carbocycles. The highest BCUT2D eigenvalue weighted by atomic mass is 32.2. The van der Waals surface area contributed by atoms with Gasteiger partial charge in [-0.3, -0.25) is 0 Å². The molecule has 0 saturated heterocycles. The molecule has 0 bridgehead atoms. The summed E-state index contributed by atoms with van der Waals surface area (Å²) in [5.74, 6) is 1.09. The van der Waals surface area contributed by atoms with E-state index in [0.29, 0.717) is 22.5 Å². The van der Waals surface area contributed by atoms with Gasteiger partial charge in [0.25, 0.3) is 0 Å². The van der Waals surface area contributed by atoms with Gasteiger partial charge in [-0.15, -0.1) is 0 Å². The number of aliphatic hydroxyl groups excluding tert-OH is 1. The number of nitrogens with two attached hydrogens (primary N) is 2. The molecule has 1 aromatic heterocycles. The van der Waals surface area contributed by atoms with E-state index in [1.54, 1.807) is 0 Å². The summed E-state index contributed by atoms with van der Waals surface area (Å²) in [6.45, 7) is 0.283. The van der Waals surface area contributed by atoms with Gasteiger partial charge in [0.15, 0.2) is 5.16 Å². The van der Waals surface area contributed by atoms with E-state index in [0.717, 1.165) is 0 Å². The number of rotatable bonds is 5. The Morgan fingerprint density at radius 2 is 2.07 bits per heavy atom. The third kappa shape index (κ3) is 4.32. The van der Waals surface area contributed by atoms with Gasteiger partial charge in [-0.05, 0) is 0 Å². The average Bonchev–Trinajstić information content (AvgIpc) is 2.14. The molecule has 1 atom stereocenters. The van der Waals surface area contributed by atoms with E-state index in [4.69, 9.17) is 16.2 Å². The van der Waals surface area contributed by atoms with Crippen molar-refractivity contribution >= 4 is 23.4 Å². The Hall–Kier alpha value is -1.05. The lowest BCUT2D eigenvalue weighted by molar-refractivity contribution is 0.0794. The third-order valence-corrected chi connectivity index (χ3v) is 2.50. The summed E-state index contributed by atoms with van der Waals surface area (Å²) >= 11 is 1.28. The lowest BCUT2D eigenvalue weighted by Gasteiger charge is -2.08. The number of thioether (sulfide) groups is 1. The molecule has 0 aliphatic heterocycles. The van der Waals surface area contributed by atoms with Crippen LogP contribution in [0.25, 0.3) is 0 Å². The molecule has 0 radical (unpaired) electrons. The second-order valence-electron chi connectivity index (χ2n) is 2.92. The van der Waals surface area contributed by atoms with Crippen LogP contribution in [0.15, 0.2) is 11.2 Å². The summed E-state index contributed by atoms with van der Waals surface area (Å²) in [5, 5.41) is 9.85. The van der Waals surface area contributed by atoms with Crippen molar-refractivity contribution in [3.8, 4) is 0 Å². The number of nitrogen functional groups attached to an aromatic ring is 2. The first-order valence-corrected chi connectivity index (χ1v) is 5.30. The Morgan fingerprint density at radius 1 is 1.47 bits per heavy atom. The Morgan fingerprint density at radius 3 is 2.60 bits per heavy atom. The molecule has 0 amide bonds. The van der Waals surface area contributed by atoms with Crippen molar-refractivity contribution in [1.29, 1.82) is 0 Å². The van der Waals surface area contributed by atoms with E-state index in [1.807, 2.05) is 0 Å².